The largest absolute Gasteiger partial charge is 0.445 e. The summed E-state index contributed by atoms with van der Waals surface area (Å²) in [6.07, 6.45) is 1.10. The summed E-state index contributed by atoms with van der Waals surface area (Å²) in [7, 11) is 0. The third kappa shape index (κ3) is 2.72. The van der Waals surface area contributed by atoms with E-state index in [4.69, 9.17) is 9.68 Å². The first-order valence-electron chi connectivity index (χ1n) is 7.08. The Morgan fingerprint density at radius 2 is 1.80 bits per heavy atom. The molecule has 0 aliphatic rings. The number of nitriles is 1. The SMILES string of the molecule is Cc1c(C#N)oc2ccc(C(C)(C)CC(C)(C)C)cc12. The van der Waals surface area contributed by atoms with Crippen molar-refractivity contribution < 1.29 is 4.42 Å². The van der Waals surface area contributed by atoms with Gasteiger partial charge in [-0.25, -0.2) is 0 Å². The highest BCUT2D eigenvalue weighted by atomic mass is 16.3. The van der Waals surface area contributed by atoms with Crippen LogP contribution in [0, 0.1) is 23.7 Å². The Labute approximate surface area is 121 Å². The summed E-state index contributed by atoms with van der Waals surface area (Å²) in [5.74, 6) is 0.422. The normalized spacial score (nSPS) is 12.7. The van der Waals surface area contributed by atoms with E-state index in [9.17, 15) is 0 Å². The van der Waals surface area contributed by atoms with Crippen molar-refractivity contribution in [3.05, 3.63) is 35.1 Å². The van der Waals surface area contributed by atoms with Crippen LogP contribution < -0.4 is 0 Å². The third-order valence-corrected chi connectivity index (χ3v) is 3.79. The smallest absolute Gasteiger partial charge is 0.207 e. The molecule has 20 heavy (non-hydrogen) atoms. The molecular weight excluding hydrogens is 246 g/mol. The molecule has 0 saturated heterocycles. The highest BCUT2D eigenvalue weighted by Crippen LogP contribution is 2.38. The van der Waals surface area contributed by atoms with Crippen LogP contribution in [-0.4, -0.2) is 0 Å². The lowest BCUT2D eigenvalue weighted by Gasteiger charge is -2.33. The predicted octanol–water partition coefficient (Wildman–Crippen LogP) is 5.33. The van der Waals surface area contributed by atoms with Crippen LogP contribution in [0.25, 0.3) is 11.0 Å². The van der Waals surface area contributed by atoms with E-state index in [-0.39, 0.29) is 10.8 Å². The first-order valence-corrected chi connectivity index (χ1v) is 7.08. The molecule has 1 aromatic carbocycles. The molecule has 0 unspecified atom stereocenters. The van der Waals surface area contributed by atoms with Crippen molar-refractivity contribution >= 4 is 11.0 Å². The first kappa shape index (κ1) is 14.7. The second-order valence-electron chi connectivity index (χ2n) is 7.50. The van der Waals surface area contributed by atoms with Gasteiger partial charge in [0.2, 0.25) is 5.76 Å². The van der Waals surface area contributed by atoms with Crippen LogP contribution in [-0.2, 0) is 5.41 Å². The Balaban J connectivity index is 2.51. The first-order chi connectivity index (χ1) is 9.14. The van der Waals surface area contributed by atoms with Gasteiger partial charge in [0, 0.05) is 10.9 Å². The van der Waals surface area contributed by atoms with Gasteiger partial charge in [-0.15, -0.1) is 0 Å². The summed E-state index contributed by atoms with van der Waals surface area (Å²) < 4.78 is 5.56. The number of hydrogen-bond donors (Lipinski definition) is 0. The summed E-state index contributed by atoms with van der Waals surface area (Å²) >= 11 is 0. The molecule has 2 rings (SSSR count). The second-order valence-corrected chi connectivity index (χ2v) is 7.50. The van der Waals surface area contributed by atoms with Gasteiger partial charge in [-0.3, -0.25) is 0 Å². The van der Waals surface area contributed by atoms with Crippen LogP contribution in [0.5, 0.6) is 0 Å². The van der Waals surface area contributed by atoms with Gasteiger partial charge >= 0.3 is 0 Å². The van der Waals surface area contributed by atoms with Gasteiger partial charge in [-0.05, 0) is 41.9 Å². The minimum atomic E-state index is 0.100. The van der Waals surface area contributed by atoms with Gasteiger partial charge < -0.3 is 4.42 Å². The van der Waals surface area contributed by atoms with Crippen LogP contribution in [0.2, 0.25) is 0 Å². The number of furan rings is 1. The lowest BCUT2D eigenvalue weighted by molar-refractivity contribution is 0.284. The van der Waals surface area contributed by atoms with Crippen molar-refractivity contribution in [2.75, 3.05) is 0 Å². The quantitative estimate of drug-likeness (QED) is 0.739. The average Bonchev–Trinajstić information content (AvgIpc) is 2.63. The fourth-order valence-electron chi connectivity index (χ4n) is 3.18. The zero-order valence-corrected chi connectivity index (χ0v) is 13.3. The molecule has 106 valence electrons. The van der Waals surface area contributed by atoms with E-state index in [1.54, 1.807) is 0 Å². The van der Waals surface area contributed by atoms with Crippen LogP contribution in [0.1, 0.15) is 57.9 Å². The average molecular weight is 269 g/mol. The maximum absolute atomic E-state index is 9.06. The number of benzene rings is 1. The lowest BCUT2D eigenvalue weighted by atomic mass is 9.72. The van der Waals surface area contributed by atoms with Gasteiger partial charge in [-0.1, -0.05) is 40.7 Å². The molecule has 0 radical (unpaired) electrons. The molecule has 0 amide bonds. The van der Waals surface area contributed by atoms with Gasteiger partial charge in [-0.2, -0.15) is 5.26 Å². The molecule has 0 aliphatic heterocycles. The van der Waals surface area contributed by atoms with Crippen molar-refractivity contribution in [1.82, 2.24) is 0 Å². The van der Waals surface area contributed by atoms with E-state index in [1.807, 2.05) is 13.0 Å². The monoisotopic (exact) mass is 269 g/mol. The Kier molecular flexibility index (Phi) is 3.42. The Morgan fingerprint density at radius 3 is 2.35 bits per heavy atom. The highest BCUT2D eigenvalue weighted by Gasteiger charge is 2.27. The Bertz CT molecular complexity index is 678. The highest BCUT2D eigenvalue weighted by molar-refractivity contribution is 5.83. The fourth-order valence-corrected chi connectivity index (χ4v) is 3.18. The van der Waals surface area contributed by atoms with Crippen LogP contribution in [0.3, 0.4) is 0 Å². The summed E-state index contributed by atoms with van der Waals surface area (Å²) in [6.45, 7) is 13.3. The van der Waals surface area contributed by atoms with Crippen molar-refractivity contribution in [3.63, 3.8) is 0 Å². The second kappa shape index (κ2) is 4.66. The minimum absolute atomic E-state index is 0.100. The van der Waals surface area contributed by atoms with Crippen LogP contribution in [0.15, 0.2) is 22.6 Å². The molecule has 0 fully saturated rings. The number of aryl methyl sites for hydroxylation is 1. The van der Waals surface area contributed by atoms with E-state index in [0.717, 1.165) is 23.0 Å². The van der Waals surface area contributed by atoms with E-state index < -0.39 is 0 Å². The maximum Gasteiger partial charge on any atom is 0.207 e. The van der Waals surface area contributed by atoms with E-state index in [0.29, 0.717) is 5.76 Å². The topological polar surface area (TPSA) is 36.9 Å². The summed E-state index contributed by atoms with van der Waals surface area (Å²) in [4.78, 5) is 0. The molecule has 0 spiro atoms. The Morgan fingerprint density at radius 1 is 1.15 bits per heavy atom. The molecular formula is C18H23NO. The van der Waals surface area contributed by atoms with Crippen LogP contribution >= 0.6 is 0 Å². The van der Waals surface area contributed by atoms with Crippen molar-refractivity contribution in [1.29, 1.82) is 5.26 Å². The van der Waals surface area contributed by atoms with Crippen molar-refractivity contribution in [2.24, 2.45) is 5.41 Å². The molecule has 2 heteroatoms. The molecule has 0 bridgehead atoms. The molecule has 0 saturated carbocycles. The molecule has 0 aliphatic carbocycles. The zero-order chi connectivity index (χ0) is 15.1. The third-order valence-electron chi connectivity index (χ3n) is 3.79. The molecule has 0 atom stereocenters. The van der Waals surface area contributed by atoms with E-state index in [1.165, 1.54) is 5.56 Å². The molecule has 2 aromatic rings. The summed E-state index contributed by atoms with van der Waals surface area (Å²) in [6, 6.07) is 8.41. The number of rotatable bonds is 2. The maximum atomic E-state index is 9.06. The lowest BCUT2D eigenvalue weighted by Crippen LogP contribution is -2.24. The van der Waals surface area contributed by atoms with E-state index in [2.05, 4.69) is 52.8 Å². The van der Waals surface area contributed by atoms with Crippen LogP contribution in [0.4, 0.5) is 0 Å². The van der Waals surface area contributed by atoms with Gasteiger partial charge in [0.25, 0.3) is 0 Å². The van der Waals surface area contributed by atoms with E-state index >= 15 is 0 Å². The Hall–Kier alpha value is -1.75. The predicted molar refractivity (Wildman–Crippen MR) is 82.8 cm³/mol. The molecule has 0 N–H and O–H groups in total. The standard InChI is InChI=1S/C18H23NO/c1-12-14-9-13(18(5,6)11-17(2,3)4)7-8-15(14)20-16(12)10-19/h7-9H,11H2,1-6H3. The van der Waals surface area contributed by atoms with Crippen molar-refractivity contribution in [2.45, 2.75) is 53.4 Å². The zero-order valence-electron chi connectivity index (χ0n) is 13.3. The number of hydrogen-bond acceptors (Lipinski definition) is 2. The summed E-state index contributed by atoms with van der Waals surface area (Å²) in [5, 5.41) is 10.1. The molecule has 1 heterocycles. The van der Waals surface area contributed by atoms with Gasteiger partial charge in [0.1, 0.15) is 11.7 Å². The minimum Gasteiger partial charge on any atom is -0.445 e. The molecule has 2 nitrogen and oxygen atoms in total. The van der Waals surface area contributed by atoms with Gasteiger partial charge in [0.15, 0.2) is 0 Å². The number of nitrogens with zero attached hydrogens (tertiary/aromatic N) is 1. The van der Waals surface area contributed by atoms with Crippen molar-refractivity contribution in [3.8, 4) is 6.07 Å². The molecule has 1 aromatic heterocycles. The van der Waals surface area contributed by atoms with Gasteiger partial charge in [0.05, 0.1) is 0 Å². The summed E-state index contributed by atoms with van der Waals surface area (Å²) in [5.41, 5.74) is 3.42. The number of fused-ring (bicyclic) bond motifs is 1. The fraction of sp³-hybridized carbons (Fsp3) is 0.500.